The first-order chi connectivity index (χ1) is 4.33. The van der Waals surface area contributed by atoms with E-state index in [1.807, 2.05) is 6.42 Å². The zero-order valence-electron chi connectivity index (χ0n) is 5.54. The van der Waals surface area contributed by atoms with Gasteiger partial charge in [-0.15, -0.1) is 0 Å². The molecule has 1 fully saturated rings. The van der Waals surface area contributed by atoms with Gasteiger partial charge in [0.05, 0.1) is 12.7 Å². The van der Waals surface area contributed by atoms with E-state index < -0.39 is 0 Å². The molecule has 1 heterocycles. The number of ether oxygens (including phenoxy) is 2. The molecule has 0 aromatic carbocycles. The Morgan fingerprint density at radius 2 is 2.67 bits per heavy atom. The second-order valence-corrected chi connectivity index (χ2v) is 2.15. The molecule has 0 aliphatic carbocycles. The third-order valence-corrected chi connectivity index (χ3v) is 1.33. The molecule has 9 heavy (non-hydrogen) atoms. The maximum absolute atomic E-state index is 5.42. The fraction of sp³-hybridized carbons (Fsp3) is 0.833. The third-order valence-electron chi connectivity index (χ3n) is 1.33. The van der Waals surface area contributed by atoms with Crippen molar-refractivity contribution in [1.82, 2.24) is 0 Å². The van der Waals surface area contributed by atoms with Crippen LogP contribution in [-0.2, 0) is 9.47 Å². The van der Waals surface area contributed by atoms with E-state index >= 15 is 0 Å². The van der Waals surface area contributed by atoms with E-state index in [0.29, 0.717) is 6.61 Å². The Morgan fingerprint density at radius 1 is 1.89 bits per heavy atom. The zero-order valence-corrected chi connectivity index (χ0v) is 5.54. The van der Waals surface area contributed by atoms with E-state index in [0.717, 1.165) is 6.42 Å². The lowest BCUT2D eigenvalue weighted by Gasteiger charge is -2.08. The van der Waals surface area contributed by atoms with Crippen LogP contribution >= 0.6 is 0 Å². The van der Waals surface area contributed by atoms with E-state index in [4.69, 9.17) is 17.3 Å². The molecular weight excluding hydrogens is 115 g/mol. The molecule has 3 radical (unpaired) electrons. The minimum absolute atomic E-state index is 0.176. The van der Waals surface area contributed by atoms with Gasteiger partial charge in [-0.1, -0.05) is 0 Å². The topological polar surface area (TPSA) is 18.5 Å². The second-order valence-electron chi connectivity index (χ2n) is 2.15. The molecule has 2 atom stereocenters. The van der Waals surface area contributed by atoms with Gasteiger partial charge in [0.15, 0.2) is 0 Å². The smallest absolute Gasteiger partial charge is 0.109 e. The Morgan fingerprint density at radius 3 is 3.11 bits per heavy atom. The molecule has 3 heteroatoms. The van der Waals surface area contributed by atoms with Crippen LogP contribution in [-0.4, -0.2) is 33.7 Å². The quantitative estimate of drug-likeness (QED) is 0.488. The summed E-state index contributed by atoms with van der Waals surface area (Å²) in [4.78, 5) is 0. The first-order valence-corrected chi connectivity index (χ1v) is 3.06. The van der Waals surface area contributed by atoms with Gasteiger partial charge >= 0.3 is 0 Å². The molecular formula is C6H10BO2. The summed E-state index contributed by atoms with van der Waals surface area (Å²) in [5, 5.41) is 0. The van der Waals surface area contributed by atoms with E-state index in [-0.39, 0.29) is 12.1 Å². The molecule has 1 saturated heterocycles. The van der Waals surface area contributed by atoms with Crippen LogP contribution in [0.1, 0.15) is 6.42 Å². The normalized spacial score (nSPS) is 35.2. The summed E-state index contributed by atoms with van der Waals surface area (Å²) >= 11 is 0. The first-order valence-electron chi connectivity index (χ1n) is 3.06. The minimum Gasteiger partial charge on any atom is -0.382 e. The summed E-state index contributed by atoms with van der Waals surface area (Å²) in [6.45, 7) is 0.643. The van der Waals surface area contributed by atoms with Gasteiger partial charge in [-0.25, -0.2) is 0 Å². The van der Waals surface area contributed by atoms with Crippen molar-refractivity contribution in [1.29, 1.82) is 0 Å². The van der Waals surface area contributed by atoms with Crippen LogP contribution < -0.4 is 0 Å². The van der Waals surface area contributed by atoms with Gasteiger partial charge in [0, 0.05) is 13.1 Å². The fourth-order valence-electron chi connectivity index (χ4n) is 0.912. The molecule has 0 N–H and O–H groups in total. The molecule has 0 aromatic heterocycles. The molecule has 0 aromatic rings. The Labute approximate surface area is 56.9 Å². The van der Waals surface area contributed by atoms with Crippen LogP contribution in [0.2, 0.25) is 0 Å². The summed E-state index contributed by atoms with van der Waals surface area (Å²) in [6.07, 6.45) is 3.04. The molecule has 1 aliphatic rings. The number of methoxy groups -OCH3 is 1. The summed E-state index contributed by atoms with van der Waals surface area (Å²) in [5.41, 5.74) is 0. The number of hydrogen-bond acceptors (Lipinski definition) is 2. The lowest BCUT2D eigenvalue weighted by molar-refractivity contribution is 0.0265. The van der Waals surface area contributed by atoms with E-state index in [1.54, 1.807) is 7.11 Å². The third kappa shape index (κ3) is 1.99. The molecule has 0 unspecified atom stereocenters. The van der Waals surface area contributed by atoms with E-state index in [9.17, 15) is 0 Å². The highest BCUT2D eigenvalue weighted by Crippen LogP contribution is 2.15. The molecule has 0 bridgehead atoms. The van der Waals surface area contributed by atoms with Gasteiger partial charge < -0.3 is 9.47 Å². The average Bonchev–Trinajstić information content (AvgIpc) is 2.17. The van der Waals surface area contributed by atoms with Crippen molar-refractivity contribution in [3.05, 3.63) is 6.42 Å². The Bertz CT molecular complexity index is 85.1. The SMILES string of the molecule is [B][C@H]1[CH]C[C@@H](COC)O1. The monoisotopic (exact) mass is 125 g/mol. The van der Waals surface area contributed by atoms with Crippen molar-refractivity contribution in [3.63, 3.8) is 0 Å². The molecule has 2 nitrogen and oxygen atoms in total. The van der Waals surface area contributed by atoms with Crippen molar-refractivity contribution < 1.29 is 9.47 Å². The molecule has 1 rings (SSSR count). The van der Waals surface area contributed by atoms with Crippen LogP contribution in [0.15, 0.2) is 0 Å². The van der Waals surface area contributed by atoms with Crippen molar-refractivity contribution in [2.75, 3.05) is 13.7 Å². The van der Waals surface area contributed by atoms with Crippen molar-refractivity contribution in [2.24, 2.45) is 0 Å². The van der Waals surface area contributed by atoms with Crippen molar-refractivity contribution in [2.45, 2.75) is 18.5 Å². The van der Waals surface area contributed by atoms with Crippen LogP contribution in [0.4, 0.5) is 0 Å². The predicted octanol–water partition coefficient (Wildman–Crippen LogP) is 0.121. The highest BCUT2D eigenvalue weighted by molar-refractivity contribution is 6.12. The summed E-state index contributed by atoms with van der Waals surface area (Å²) in [6, 6.07) is -0.176. The minimum atomic E-state index is -0.176. The second kappa shape index (κ2) is 3.23. The van der Waals surface area contributed by atoms with Gasteiger partial charge in [0.25, 0.3) is 0 Å². The number of hydrogen-bond donors (Lipinski definition) is 0. The standard InChI is InChI=1S/C6H10BO2/c1-8-4-5-2-3-6(7)9-5/h3,5-6H,2,4H2,1H3/t5-,6+/m0/s1. The maximum atomic E-state index is 5.42. The lowest BCUT2D eigenvalue weighted by Crippen LogP contribution is -2.15. The van der Waals surface area contributed by atoms with Crippen molar-refractivity contribution >= 4 is 7.85 Å². The zero-order chi connectivity index (χ0) is 6.69. The molecule has 0 amide bonds. The highest BCUT2D eigenvalue weighted by Gasteiger charge is 2.20. The number of rotatable bonds is 2. The summed E-state index contributed by atoms with van der Waals surface area (Å²) < 4.78 is 10.1. The first kappa shape index (κ1) is 7.10. The predicted molar refractivity (Wildman–Crippen MR) is 35.2 cm³/mol. The van der Waals surface area contributed by atoms with E-state index in [2.05, 4.69) is 0 Å². The van der Waals surface area contributed by atoms with Gasteiger partial charge in [0.2, 0.25) is 0 Å². The van der Waals surface area contributed by atoms with Gasteiger partial charge in [-0.05, 0) is 12.8 Å². The van der Waals surface area contributed by atoms with E-state index in [1.165, 1.54) is 0 Å². The van der Waals surface area contributed by atoms with Crippen LogP contribution in [0.5, 0.6) is 0 Å². The molecule has 0 spiro atoms. The highest BCUT2D eigenvalue weighted by atomic mass is 16.5. The van der Waals surface area contributed by atoms with Gasteiger partial charge in [0.1, 0.15) is 7.85 Å². The Balaban J connectivity index is 2.14. The molecule has 0 saturated carbocycles. The summed E-state index contributed by atoms with van der Waals surface area (Å²) in [7, 11) is 7.08. The van der Waals surface area contributed by atoms with Crippen molar-refractivity contribution in [3.8, 4) is 0 Å². The van der Waals surface area contributed by atoms with Gasteiger partial charge in [-0.2, -0.15) is 0 Å². The largest absolute Gasteiger partial charge is 0.382 e. The maximum Gasteiger partial charge on any atom is 0.109 e. The Hall–Kier alpha value is -0.0151. The lowest BCUT2D eigenvalue weighted by atomic mass is 9.97. The van der Waals surface area contributed by atoms with Crippen LogP contribution in [0.3, 0.4) is 0 Å². The fourth-order valence-corrected chi connectivity index (χ4v) is 0.912. The molecule has 1 aliphatic heterocycles. The van der Waals surface area contributed by atoms with Crippen LogP contribution in [0, 0.1) is 6.42 Å². The summed E-state index contributed by atoms with van der Waals surface area (Å²) in [5.74, 6) is 0. The Kier molecular flexibility index (Phi) is 2.55. The average molecular weight is 125 g/mol. The van der Waals surface area contributed by atoms with Gasteiger partial charge in [-0.3, -0.25) is 0 Å². The van der Waals surface area contributed by atoms with Crippen LogP contribution in [0.25, 0.3) is 0 Å². The molecule has 49 valence electrons.